The number of benzene rings is 1. The Morgan fingerprint density at radius 2 is 2.29 bits per heavy atom. The molecule has 2 heterocycles. The summed E-state index contributed by atoms with van der Waals surface area (Å²) in [6, 6.07) is 4.64. The molecule has 1 aromatic carbocycles. The van der Waals surface area contributed by atoms with Crippen molar-refractivity contribution >= 4 is 44.9 Å². The number of amides is 1. The van der Waals surface area contributed by atoms with E-state index in [1.54, 1.807) is 6.07 Å². The Labute approximate surface area is 129 Å². The van der Waals surface area contributed by atoms with Crippen molar-refractivity contribution in [3.05, 3.63) is 28.3 Å². The van der Waals surface area contributed by atoms with Gasteiger partial charge >= 0.3 is 0 Å². The molecule has 0 saturated carbocycles. The van der Waals surface area contributed by atoms with Crippen molar-refractivity contribution in [2.45, 2.75) is 28.9 Å². The van der Waals surface area contributed by atoms with Crippen LogP contribution in [0.1, 0.15) is 19.3 Å². The zero-order valence-electron chi connectivity index (χ0n) is 11.1. The first kappa shape index (κ1) is 14.3. The average molecular weight is 323 g/mol. The zero-order valence-corrected chi connectivity index (χ0v) is 12.7. The van der Waals surface area contributed by atoms with Gasteiger partial charge in [-0.15, -0.1) is 11.3 Å². The lowest BCUT2D eigenvalue weighted by molar-refractivity contribution is -0.384. The van der Waals surface area contributed by atoms with E-state index in [0.717, 1.165) is 40.4 Å². The maximum atomic E-state index is 11.9. The van der Waals surface area contributed by atoms with Crippen molar-refractivity contribution < 1.29 is 9.72 Å². The number of aromatic nitrogens is 1. The highest BCUT2D eigenvalue weighted by Gasteiger charge is 2.23. The predicted octanol–water partition coefficient (Wildman–Crippen LogP) is 2.97. The molecule has 6 nitrogen and oxygen atoms in total. The molecule has 1 N–H and O–H groups in total. The number of non-ortho nitro benzene ring substituents is 1. The van der Waals surface area contributed by atoms with Crippen molar-refractivity contribution in [3.8, 4) is 0 Å². The van der Waals surface area contributed by atoms with Crippen molar-refractivity contribution in [2.75, 3.05) is 6.54 Å². The highest BCUT2D eigenvalue weighted by molar-refractivity contribution is 8.02. The number of nitrogens with one attached hydrogen (secondary N) is 1. The van der Waals surface area contributed by atoms with E-state index >= 15 is 0 Å². The Balaban J connectivity index is 1.83. The Morgan fingerprint density at radius 3 is 3.10 bits per heavy atom. The first-order valence-electron chi connectivity index (χ1n) is 6.63. The highest BCUT2D eigenvalue weighted by Crippen LogP contribution is 2.35. The first-order valence-corrected chi connectivity index (χ1v) is 8.32. The van der Waals surface area contributed by atoms with E-state index in [-0.39, 0.29) is 16.8 Å². The number of rotatable bonds is 3. The fourth-order valence-electron chi connectivity index (χ4n) is 2.20. The molecule has 1 aliphatic heterocycles. The average Bonchev–Trinajstić information content (AvgIpc) is 2.75. The lowest BCUT2D eigenvalue weighted by Crippen LogP contribution is -2.30. The van der Waals surface area contributed by atoms with Crippen molar-refractivity contribution in [2.24, 2.45) is 0 Å². The third-order valence-electron chi connectivity index (χ3n) is 3.29. The van der Waals surface area contributed by atoms with Gasteiger partial charge in [0, 0.05) is 18.7 Å². The molecular formula is C13H13N3O3S2. The smallest absolute Gasteiger partial charge is 0.270 e. The molecule has 1 atom stereocenters. The molecule has 21 heavy (non-hydrogen) atoms. The number of thiazole rings is 1. The number of nitro benzene ring substituents is 1. The number of carbonyl (C=O) groups is 1. The Bertz CT molecular complexity index is 701. The topological polar surface area (TPSA) is 85.1 Å². The van der Waals surface area contributed by atoms with E-state index in [9.17, 15) is 14.9 Å². The molecule has 2 aromatic rings. The second-order valence-electron chi connectivity index (χ2n) is 4.78. The molecule has 1 saturated heterocycles. The van der Waals surface area contributed by atoms with Crippen molar-refractivity contribution in [3.63, 3.8) is 0 Å². The van der Waals surface area contributed by atoms with Crippen LogP contribution >= 0.6 is 23.1 Å². The predicted molar refractivity (Wildman–Crippen MR) is 82.8 cm³/mol. The number of nitrogens with zero attached hydrogens (tertiary/aromatic N) is 2. The summed E-state index contributed by atoms with van der Waals surface area (Å²) in [5.74, 6) is 0.0581. The standard InChI is InChI=1S/C13H13N3O3S2/c17-12-10(3-1-2-6-14-12)20-13-15-9-5-4-8(16(18)19)7-11(9)21-13/h4-5,7,10H,1-3,6H2,(H,14,17). The van der Waals surface area contributed by atoms with Crippen LogP contribution in [0, 0.1) is 10.1 Å². The summed E-state index contributed by atoms with van der Waals surface area (Å²) < 4.78 is 1.56. The van der Waals surface area contributed by atoms with E-state index in [2.05, 4.69) is 10.3 Å². The minimum atomic E-state index is -0.412. The van der Waals surface area contributed by atoms with Crippen LogP contribution < -0.4 is 5.32 Å². The molecule has 8 heteroatoms. The van der Waals surface area contributed by atoms with Gasteiger partial charge in [0.25, 0.3) is 5.69 Å². The summed E-state index contributed by atoms with van der Waals surface area (Å²) in [5.41, 5.74) is 0.803. The van der Waals surface area contributed by atoms with E-state index < -0.39 is 4.92 Å². The lowest BCUT2D eigenvalue weighted by atomic mass is 10.2. The molecule has 3 rings (SSSR count). The molecule has 1 unspecified atom stereocenters. The number of carbonyl (C=O) groups excluding carboxylic acids is 1. The molecule has 0 aliphatic carbocycles. The van der Waals surface area contributed by atoms with Crippen LogP contribution in [0.5, 0.6) is 0 Å². The number of thioether (sulfide) groups is 1. The second kappa shape index (κ2) is 5.98. The van der Waals surface area contributed by atoms with Crippen LogP contribution in [0.2, 0.25) is 0 Å². The summed E-state index contributed by atoms with van der Waals surface area (Å²) in [5, 5.41) is 13.6. The highest BCUT2D eigenvalue weighted by atomic mass is 32.2. The molecule has 110 valence electrons. The molecule has 1 aliphatic rings. The fraction of sp³-hybridized carbons (Fsp3) is 0.385. The molecule has 0 spiro atoms. The monoisotopic (exact) mass is 323 g/mol. The molecule has 0 bridgehead atoms. The van der Waals surface area contributed by atoms with Gasteiger partial charge in [-0.1, -0.05) is 18.2 Å². The third-order valence-corrected chi connectivity index (χ3v) is 5.67. The summed E-state index contributed by atoms with van der Waals surface area (Å²) in [6.07, 6.45) is 2.87. The van der Waals surface area contributed by atoms with E-state index in [1.165, 1.54) is 35.2 Å². The molecule has 1 aromatic heterocycles. The Morgan fingerprint density at radius 1 is 1.43 bits per heavy atom. The van der Waals surface area contributed by atoms with Crippen LogP contribution in [0.3, 0.4) is 0 Å². The van der Waals surface area contributed by atoms with Crippen molar-refractivity contribution in [1.29, 1.82) is 0 Å². The minimum Gasteiger partial charge on any atom is -0.355 e. The van der Waals surface area contributed by atoms with E-state index in [1.807, 2.05) is 0 Å². The summed E-state index contributed by atoms with van der Waals surface area (Å²) >= 11 is 2.85. The van der Waals surface area contributed by atoms with Crippen LogP contribution in [0.15, 0.2) is 22.5 Å². The van der Waals surface area contributed by atoms with Gasteiger partial charge in [0.05, 0.1) is 20.4 Å². The largest absolute Gasteiger partial charge is 0.355 e. The number of hydrogen-bond acceptors (Lipinski definition) is 6. The van der Waals surface area contributed by atoms with Crippen LogP contribution in [-0.2, 0) is 4.79 Å². The maximum Gasteiger partial charge on any atom is 0.270 e. The van der Waals surface area contributed by atoms with Gasteiger partial charge in [-0.2, -0.15) is 0 Å². The zero-order chi connectivity index (χ0) is 14.8. The Kier molecular flexibility index (Phi) is 4.07. The van der Waals surface area contributed by atoms with Crippen LogP contribution in [-0.4, -0.2) is 27.6 Å². The first-order chi connectivity index (χ1) is 10.1. The molecule has 0 radical (unpaired) electrons. The molecule has 1 amide bonds. The summed E-state index contributed by atoms with van der Waals surface area (Å²) in [7, 11) is 0. The van der Waals surface area contributed by atoms with Crippen molar-refractivity contribution in [1.82, 2.24) is 10.3 Å². The maximum absolute atomic E-state index is 11.9. The molecular weight excluding hydrogens is 310 g/mol. The van der Waals surface area contributed by atoms with Gasteiger partial charge < -0.3 is 5.32 Å². The SMILES string of the molecule is O=C1NCCCCC1Sc1nc2ccc([N+](=O)[O-])cc2s1. The number of fused-ring (bicyclic) bond motifs is 1. The van der Waals surface area contributed by atoms with E-state index in [4.69, 9.17) is 0 Å². The quantitative estimate of drug-likeness (QED) is 0.693. The van der Waals surface area contributed by atoms with E-state index in [0.29, 0.717) is 0 Å². The summed E-state index contributed by atoms with van der Waals surface area (Å²) in [4.78, 5) is 26.8. The number of nitro groups is 1. The lowest BCUT2D eigenvalue weighted by Gasteiger charge is -2.09. The van der Waals surface area contributed by atoms with Gasteiger partial charge in [-0.05, 0) is 18.9 Å². The fourth-order valence-corrected chi connectivity index (χ4v) is 4.61. The van der Waals surface area contributed by atoms with Crippen LogP contribution in [0.4, 0.5) is 5.69 Å². The molecule has 1 fully saturated rings. The normalized spacial score (nSPS) is 19.2. The summed E-state index contributed by atoms with van der Waals surface area (Å²) in [6.45, 7) is 0.738. The van der Waals surface area contributed by atoms with Gasteiger partial charge in [0.1, 0.15) is 0 Å². The van der Waals surface area contributed by atoms with Crippen LogP contribution in [0.25, 0.3) is 10.2 Å². The number of hydrogen-bond donors (Lipinski definition) is 1. The second-order valence-corrected chi connectivity index (χ2v) is 7.26. The van der Waals surface area contributed by atoms with Gasteiger partial charge in [-0.25, -0.2) is 4.98 Å². The minimum absolute atomic E-state index is 0.0581. The van der Waals surface area contributed by atoms with Gasteiger partial charge in [0.15, 0.2) is 4.34 Å². The van der Waals surface area contributed by atoms with Gasteiger partial charge in [0.2, 0.25) is 5.91 Å². The van der Waals surface area contributed by atoms with Gasteiger partial charge in [-0.3, -0.25) is 14.9 Å². The third kappa shape index (κ3) is 3.16. The Hall–Kier alpha value is -1.67.